The molecule has 6 heteroatoms. The predicted octanol–water partition coefficient (Wildman–Crippen LogP) is 21.4. The number of hydrogen-bond acceptors (Lipinski definition) is 5. The number of rotatable bonds is 64. The first kappa shape index (κ1) is 71.9. The fraction of sp³-hybridized carbons (Fsp3) is 0.970. The van der Waals surface area contributed by atoms with E-state index in [1.807, 2.05) is 0 Å². The summed E-state index contributed by atoms with van der Waals surface area (Å²) in [5.74, 6) is -0.00723. The van der Waals surface area contributed by atoms with Crippen molar-refractivity contribution >= 4 is 11.9 Å². The molecule has 2 unspecified atom stereocenters. The van der Waals surface area contributed by atoms with Crippen LogP contribution in [0.3, 0.4) is 0 Å². The molecule has 0 aliphatic rings. The molecule has 0 aromatic carbocycles. The van der Waals surface area contributed by atoms with Gasteiger partial charge in [-0.25, -0.2) is 0 Å². The third-order valence-electron chi connectivity index (χ3n) is 16.2. The maximum absolute atomic E-state index is 12.5. The third-order valence-corrected chi connectivity index (χ3v) is 16.2. The third kappa shape index (κ3) is 60.0. The van der Waals surface area contributed by atoms with Gasteiger partial charge in [0.1, 0.15) is 0 Å². The van der Waals surface area contributed by atoms with Crippen LogP contribution < -0.4 is 5.32 Å². The van der Waals surface area contributed by atoms with Crippen LogP contribution in [0.2, 0.25) is 0 Å². The Morgan fingerprint density at radius 1 is 0.329 bits per heavy atom. The van der Waals surface area contributed by atoms with Gasteiger partial charge in [-0.05, 0) is 25.7 Å². The van der Waals surface area contributed by atoms with Gasteiger partial charge in [0.25, 0.3) is 0 Å². The summed E-state index contributed by atoms with van der Waals surface area (Å²) in [7, 11) is 0. The number of hydrogen-bond donors (Lipinski definition) is 3. The Morgan fingerprint density at radius 3 is 0.836 bits per heavy atom. The van der Waals surface area contributed by atoms with Gasteiger partial charge in [0.05, 0.1) is 25.4 Å². The largest absolute Gasteiger partial charge is 0.466 e. The maximum atomic E-state index is 12.5. The minimum Gasteiger partial charge on any atom is -0.466 e. The van der Waals surface area contributed by atoms with Gasteiger partial charge in [-0.1, -0.05) is 354 Å². The summed E-state index contributed by atoms with van der Waals surface area (Å²) >= 11 is 0. The van der Waals surface area contributed by atoms with Crippen LogP contribution >= 0.6 is 0 Å². The molecule has 0 heterocycles. The summed E-state index contributed by atoms with van der Waals surface area (Å²) in [6.07, 6.45) is 75.8. The average molecular weight is 1030 g/mol. The molecule has 73 heavy (non-hydrogen) atoms. The van der Waals surface area contributed by atoms with Crippen LogP contribution in [0.4, 0.5) is 0 Å². The molecule has 3 N–H and O–H groups in total. The summed E-state index contributed by atoms with van der Waals surface area (Å²) in [6.45, 7) is 4.99. The second-order valence-corrected chi connectivity index (χ2v) is 23.5. The van der Waals surface area contributed by atoms with Crippen LogP contribution in [0.1, 0.15) is 393 Å². The number of aliphatic hydroxyl groups excluding tert-OH is 2. The second-order valence-electron chi connectivity index (χ2n) is 23.5. The van der Waals surface area contributed by atoms with E-state index in [9.17, 15) is 19.8 Å². The highest BCUT2D eigenvalue weighted by molar-refractivity contribution is 5.76. The summed E-state index contributed by atoms with van der Waals surface area (Å²) in [6, 6.07) is -0.537. The Kier molecular flexibility index (Phi) is 62.4. The van der Waals surface area contributed by atoms with Crippen molar-refractivity contribution in [3.05, 3.63) is 0 Å². The van der Waals surface area contributed by atoms with Gasteiger partial charge in [0.15, 0.2) is 0 Å². The Bertz CT molecular complexity index is 1050. The zero-order valence-corrected chi connectivity index (χ0v) is 49.9. The summed E-state index contributed by atoms with van der Waals surface area (Å²) in [4.78, 5) is 24.6. The van der Waals surface area contributed by atoms with E-state index in [0.29, 0.717) is 25.9 Å². The number of aliphatic hydroxyl groups is 2. The minimum atomic E-state index is -0.659. The van der Waals surface area contributed by atoms with Crippen LogP contribution in [0.15, 0.2) is 0 Å². The first-order valence-corrected chi connectivity index (χ1v) is 33.8. The Balaban J connectivity index is 3.29. The second kappa shape index (κ2) is 63.4. The van der Waals surface area contributed by atoms with Crippen LogP contribution in [-0.2, 0) is 14.3 Å². The lowest BCUT2D eigenvalue weighted by Gasteiger charge is -2.22. The highest BCUT2D eigenvalue weighted by Gasteiger charge is 2.20. The number of ether oxygens (including phenoxy) is 1. The molecule has 0 saturated carbocycles. The highest BCUT2D eigenvalue weighted by atomic mass is 16.5. The van der Waals surface area contributed by atoms with Gasteiger partial charge in [0.2, 0.25) is 5.91 Å². The molecule has 1 amide bonds. The SMILES string of the molecule is CCCCCCCCCCCCCCCCCCCCC(=O)OCCCCCCCCCCCCCCCCCCCCCCCCCCCCCC(=O)NC(CO)C(O)CCCCCCCCCCCCC. The van der Waals surface area contributed by atoms with E-state index >= 15 is 0 Å². The van der Waals surface area contributed by atoms with Gasteiger partial charge in [-0.15, -0.1) is 0 Å². The molecule has 0 aliphatic carbocycles. The van der Waals surface area contributed by atoms with E-state index in [1.54, 1.807) is 0 Å². The number of carbonyl (C=O) groups excluding carboxylic acids is 2. The van der Waals surface area contributed by atoms with E-state index in [-0.39, 0.29) is 18.5 Å². The number of unbranched alkanes of at least 4 members (excludes halogenated alkanes) is 53. The quantitative estimate of drug-likeness (QED) is 0.0417. The molecule has 2 atom stereocenters. The Hall–Kier alpha value is -1.14. The minimum absolute atomic E-state index is 0.0235. The van der Waals surface area contributed by atoms with E-state index in [4.69, 9.17) is 4.74 Å². The lowest BCUT2D eigenvalue weighted by atomic mass is 10.0. The number of carbonyl (C=O) groups is 2. The maximum Gasteiger partial charge on any atom is 0.305 e. The number of esters is 1. The van der Waals surface area contributed by atoms with Crippen molar-refractivity contribution in [2.45, 2.75) is 405 Å². The number of nitrogens with one attached hydrogen (secondary N) is 1. The van der Waals surface area contributed by atoms with Crippen molar-refractivity contribution in [1.82, 2.24) is 5.32 Å². The number of amides is 1. The van der Waals surface area contributed by atoms with Gasteiger partial charge in [-0.2, -0.15) is 0 Å². The predicted molar refractivity (Wildman–Crippen MR) is 320 cm³/mol. The normalized spacial score (nSPS) is 12.4. The molecule has 436 valence electrons. The molecule has 0 rings (SSSR count). The van der Waals surface area contributed by atoms with E-state index in [1.165, 1.54) is 321 Å². The van der Waals surface area contributed by atoms with E-state index in [0.717, 1.165) is 38.5 Å². The monoisotopic (exact) mass is 1030 g/mol. The molecule has 0 spiro atoms. The van der Waals surface area contributed by atoms with Gasteiger partial charge >= 0.3 is 5.97 Å². The van der Waals surface area contributed by atoms with Gasteiger partial charge in [0, 0.05) is 12.8 Å². The first-order chi connectivity index (χ1) is 36.0. The zero-order valence-electron chi connectivity index (χ0n) is 49.9. The van der Waals surface area contributed by atoms with E-state index < -0.39 is 12.1 Å². The van der Waals surface area contributed by atoms with Crippen LogP contribution in [0, 0.1) is 0 Å². The zero-order chi connectivity index (χ0) is 52.9. The average Bonchev–Trinajstić information content (AvgIpc) is 3.39. The Morgan fingerprint density at radius 2 is 0.562 bits per heavy atom. The molecular weight excluding hydrogens is 899 g/mol. The lowest BCUT2D eigenvalue weighted by Crippen LogP contribution is -2.45. The van der Waals surface area contributed by atoms with Crippen molar-refractivity contribution in [2.24, 2.45) is 0 Å². The van der Waals surface area contributed by atoms with Gasteiger partial charge < -0.3 is 20.3 Å². The highest BCUT2D eigenvalue weighted by Crippen LogP contribution is 2.19. The molecule has 0 aromatic rings. The summed E-state index contributed by atoms with van der Waals surface area (Å²) in [5, 5.41) is 23.2. The molecule has 0 saturated heterocycles. The molecule has 0 aromatic heterocycles. The van der Waals surface area contributed by atoms with Crippen LogP contribution in [0.25, 0.3) is 0 Å². The Labute approximate surface area is 457 Å². The van der Waals surface area contributed by atoms with Crippen molar-refractivity contribution in [3.63, 3.8) is 0 Å². The van der Waals surface area contributed by atoms with Gasteiger partial charge in [-0.3, -0.25) is 9.59 Å². The van der Waals surface area contributed by atoms with Crippen LogP contribution in [0.5, 0.6) is 0 Å². The molecule has 0 aliphatic heterocycles. The first-order valence-electron chi connectivity index (χ1n) is 33.8. The summed E-state index contributed by atoms with van der Waals surface area (Å²) in [5.41, 5.74) is 0. The topological polar surface area (TPSA) is 95.9 Å². The fourth-order valence-corrected chi connectivity index (χ4v) is 11.0. The van der Waals surface area contributed by atoms with Crippen molar-refractivity contribution in [3.8, 4) is 0 Å². The van der Waals surface area contributed by atoms with Crippen molar-refractivity contribution in [2.75, 3.05) is 13.2 Å². The van der Waals surface area contributed by atoms with Crippen molar-refractivity contribution < 1.29 is 24.5 Å². The molecule has 6 nitrogen and oxygen atoms in total. The van der Waals surface area contributed by atoms with Crippen LogP contribution in [-0.4, -0.2) is 47.4 Å². The molecule has 0 bridgehead atoms. The van der Waals surface area contributed by atoms with E-state index in [2.05, 4.69) is 19.2 Å². The smallest absolute Gasteiger partial charge is 0.305 e. The standard InChI is InChI=1S/C67H133NO5/c1-3-5-7-9-11-13-15-16-17-18-31-34-37-41-45-49-53-57-61-67(72)73-62-58-54-50-46-42-38-35-32-29-27-25-23-21-19-20-22-24-26-28-30-33-36-40-44-48-52-56-60-66(71)68-64(63-69)65(70)59-55-51-47-43-39-14-12-10-8-6-4-2/h64-65,69-70H,3-63H2,1-2H3,(H,68,71). The molecular formula is C67H133NO5. The molecule has 0 fully saturated rings. The molecule has 0 radical (unpaired) electrons. The summed E-state index contributed by atoms with van der Waals surface area (Å²) < 4.78 is 5.51. The lowest BCUT2D eigenvalue weighted by molar-refractivity contribution is -0.143. The fourth-order valence-electron chi connectivity index (χ4n) is 11.0. The van der Waals surface area contributed by atoms with Crippen molar-refractivity contribution in [1.29, 1.82) is 0 Å².